The molecule has 0 aromatic heterocycles. The second-order valence-corrected chi connectivity index (χ2v) is 4.43. The topological polar surface area (TPSA) is 81.7 Å². The highest BCUT2D eigenvalue weighted by molar-refractivity contribution is 5.92. The van der Waals surface area contributed by atoms with E-state index in [1.807, 2.05) is 32.2 Å². The smallest absolute Gasteiger partial charge is 0.323 e. The minimum atomic E-state index is -1.02. The third kappa shape index (κ3) is 4.89. The molecule has 1 rings (SSSR count). The van der Waals surface area contributed by atoms with E-state index in [0.29, 0.717) is 25.2 Å². The molecule has 3 N–H and O–H groups in total. The number of benzene rings is 1. The second-order valence-electron chi connectivity index (χ2n) is 4.43. The maximum absolute atomic E-state index is 12.1. The summed E-state index contributed by atoms with van der Waals surface area (Å²) in [5.74, 6) is -1.02. The largest absolute Gasteiger partial charge is 0.480 e. The van der Waals surface area contributed by atoms with Crippen LogP contribution in [0.25, 0.3) is 0 Å². The van der Waals surface area contributed by atoms with Crippen molar-refractivity contribution in [3.63, 3.8) is 0 Å². The van der Waals surface area contributed by atoms with Crippen LogP contribution in [-0.4, -0.2) is 42.1 Å². The van der Waals surface area contributed by atoms with Crippen LogP contribution in [0.1, 0.15) is 18.9 Å². The quantitative estimate of drug-likeness (QED) is 0.710. The number of nitrogens with one attached hydrogen (secondary N) is 2. The van der Waals surface area contributed by atoms with Gasteiger partial charge in [0.15, 0.2) is 0 Å². The number of carbonyl (C=O) groups excluding carboxylic acids is 1. The van der Waals surface area contributed by atoms with Crippen LogP contribution in [0.2, 0.25) is 0 Å². The molecule has 110 valence electrons. The minimum Gasteiger partial charge on any atom is -0.480 e. The predicted octanol–water partition coefficient (Wildman–Crippen LogP) is 1.73. The molecular weight excluding hydrogens is 258 g/mol. The van der Waals surface area contributed by atoms with Gasteiger partial charge in [0, 0.05) is 18.8 Å². The Morgan fingerprint density at radius 2 is 2.00 bits per heavy atom. The number of hydrogen-bond donors (Lipinski definition) is 3. The summed E-state index contributed by atoms with van der Waals surface area (Å²) in [5, 5.41) is 14.6. The van der Waals surface area contributed by atoms with Crippen molar-refractivity contribution in [2.75, 3.05) is 25.5 Å². The number of rotatable bonds is 7. The summed E-state index contributed by atoms with van der Waals surface area (Å²) in [4.78, 5) is 24.2. The van der Waals surface area contributed by atoms with E-state index in [1.165, 1.54) is 4.90 Å². The fourth-order valence-electron chi connectivity index (χ4n) is 1.87. The lowest BCUT2D eigenvalue weighted by molar-refractivity contribution is -0.137. The molecule has 0 fully saturated rings. The third-order valence-corrected chi connectivity index (χ3v) is 2.73. The van der Waals surface area contributed by atoms with Crippen LogP contribution in [0.5, 0.6) is 0 Å². The molecule has 0 aliphatic carbocycles. The first-order valence-corrected chi connectivity index (χ1v) is 6.58. The van der Waals surface area contributed by atoms with E-state index in [-0.39, 0.29) is 6.54 Å². The molecule has 0 bridgehead atoms. The van der Waals surface area contributed by atoms with Gasteiger partial charge in [-0.2, -0.15) is 0 Å². The molecule has 0 spiro atoms. The van der Waals surface area contributed by atoms with Crippen molar-refractivity contribution in [3.05, 3.63) is 29.8 Å². The number of carboxylic acids is 1. The molecule has 0 unspecified atom stereocenters. The molecule has 0 aliphatic heterocycles. The maximum atomic E-state index is 12.1. The van der Waals surface area contributed by atoms with Gasteiger partial charge < -0.3 is 20.6 Å². The number of para-hydroxylation sites is 1. The van der Waals surface area contributed by atoms with Crippen molar-refractivity contribution in [2.45, 2.75) is 19.9 Å². The summed E-state index contributed by atoms with van der Waals surface area (Å²) in [6.45, 7) is 2.64. The van der Waals surface area contributed by atoms with E-state index in [0.717, 1.165) is 5.56 Å². The van der Waals surface area contributed by atoms with Crippen molar-refractivity contribution in [2.24, 2.45) is 0 Å². The van der Waals surface area contributed by atoms with Gasteiger partial charge in [-0.05, 0) is 25.1 Å². The Labute approximate surface area is 118 Å². The van der Waals surface area contributed by atoms with Gasteiger partial charge in [-0.1, -0.05) is 25.1 Å². The van der Waals surface area contributed by atoms with Crippen LogP contribution in [-0.2, 0) is 11.3 Å². The average Bonchev–Trinajstić information content (AvgIpc) is 2.40. The van der Waals surface area contributed by atoms with E-state index in [9.17, 15) is 9.59 Å². The summed E-state index contributed by atoms with van der Waals surface area (Å²) in [7, 11) is 1.83. The van der Waals surface area contributed by atoms with Crippen molar-refractivity contribution in [3.8, 4) is 0 Å². The zero-order valence-electron chi connectivity index (χ0n) is 11.8. The van der Waals surface area contributed by atoms with Crippen LogP contribution < -0.4 is 10.6 Å². The van der Waals surface area contributed by atoms with Crippen molar-refractivity contribution >= 4 is 17.7 Å². The molecule has 1 aromatic carbocycles. The van der Waals surface area contributed by atoms with Gasteiger partial charge in [-0.25, -0.2) is 4.79 Å². The summed E-state index contributed by atoms with van der Waals surface area (Å²) in [6.07, 6.45) is 0.707. The van der Waals surface area contributed by atoms with E-state index in [1.54, 1.807) is 6.07 Å². The fraction of sp³-hybridized carbons (Fsp3) is 0.429. The molecule has 0 aliphatic rings. The number of carbonyl (C=O) groups is 2. The third-order valence-electron chi connectivity index (χ3n) is 2.73. The lowest BCUT2D eigenvalue weighted by atomic mass is 10.2. The van der Waals surface area contributed by atoms with Crippen molar-refractivity contribution in [1.82, 2.24) is 10.2 Å². The highest BCUT2D eigenvalue weighted by Crippen LogP contribution is 2.15. The number of urea groups is 1. The number of anilines is 1. The number of carboxylic acid groups (broad SMARTS) is 1. The Hall–Kier alpha value is -2.08. The highest BCUT2D eigenvalue weighted by Gasteiger charge is 2.16. The Kier molecular flexibility index (Phi) is 6.52. The molecule has 1 aromatic rings. The summed E-state index contributed by atoms with van der Waals surface area (Å²) < 4.78 is 0. The SMILES string of the molecule is CCCN(CC(=O)O)C(=O)Nc1ccccc1CNC. The van der Waals surface area contributed by atoms with Crippen LogP contribution in [0.4, 0.5) is 10.5 Å². The lowest BCUT2D eigenvalue weighted by Crippen LogP contribution is -2.39. The Morgan fingerprint density at radius 1 is 1.30 bits per heavy atom. The molecule has 0 saturated heterocycles. The van der Waals surface area contributed by atoms with Gasteiger partial charge in [0.2, 0.25) is 0 Å². The molecular formula is C14H21N3O3. The number of nitrogens with zero attached hydrogens (tertiary/aromatic N) is 1. The molecule has 0 atom stereocenters. The van der Waals surface area contributed by atoms with Gasteiger partial charge in [0.1, 0.15) is 6.54 Å². The van der Waals surface area contributed by atoms with Crippen LogP contribution in [0, 0.1) is 0 Å². The highest BCUT2D eigenvalue weighted by atomic mass is 16.4. The lowest BCUT2D eigenvalue weighted by Gasteiger charge is -2.21. The standard InChI is InChI=1S/C14H21N3O3/c1-3-8-17(10-13(18)19)14(20)16-12-7-5-4-6-11(12)9-15-2/h4-7,15H,3,8-10H2,1-2H3,(H,16,20)(H,18,19). The molecule has 2 amide bonds. The molecule has 0 heterocycles. The van der Waals surface area contributed by atoms with E-state index < -0.39 is 12.0 Å². The van der Waals surface area contributed by atoms with Gasteiger partial charge >= 0.3 is 12.0 Å². The van der Waals surface area contributed by atoms with Crippen molar-refractivity contribution in [1.29, 1.82) is 0 Å². The van der Waals surface area contributed by atoms with E-state index in [2.05, 4.69) is 10.6 Å². The molecule has 0 radical (unpaired) electrons. The van der Waals surface area contributed by atoms with Crippen LogP contribution >= 0.6 is 0 Å². The minimum absolute atomic E-state index is 0.298. The monoisotopic (exact) mass is 279 g/mol. The van der Waals surface area contributed by atoms with Gasteiger partial charge in [0.05, 0.1) is 0 Å². The number of hydrogen-bond acceptors (Lipinski definition) is 3. The Balaban J connectivity index is 2.79. The first kappa shape index (κ1) is 16.0. The predicted molar refractivity (Wildman–Crippen MR) is 77.7 cm³/mol. The zero-order chi connectivity index (χ0) is 15.0. The Morgan fingerprint density at radius 3 is 2.60 bits per heavy atom. The summed E-state index contributed by atoms with van der Waals surface area (Å²) >= 11 is 0. The van der Waals surface area contributed by atoms with Crippen molar-refractivity contribution < 1.29 is 14.7 Å². The second kappa shape index (κ2) is 8.16. The van der Waals surface area contributed by atoms with Crippen LogP contribution in [0.15, 0.2) is 24.3 Å². The van der Waals surface area contributed by atoms with Gasteiger partial charge in [-0.3, -0.25) is 4.79 Å². The Bertz CT molecular complexity index is 463. The zero-order valence-corrected chi connectivity index (χ0v) is 11.8. The molecule has 6 nitrogen and oxygen atoms in total. The van der Waals surface area contributed by atoms with E-state index >= 15 is 0 Å². The molecule has 0 saturated carbocycles. The van der Waals surface area contributed by atoms with E-state index in [4.69, 9.17) is 5.11 Å². The average molecular weight is 279 g/mol. The van der Waals surface area contributed by atoms with Crippen LogP contribution in [0.3, 0.4) is 0 Å². The first-order valence-electron chi connectivity index (χ1n) is 6.58. The fourth-order valence-corrected chi connectivity index (χ4v) is 1.87. The molecule has 20 heavy (non-hydrogen) atoms. The van der Waals surface area contributed by atoms with Gasteiger partial charge in [-0.15, -0.1) is 0 Å². The summed E-state index contributed by atoms with van der Waals surface area (Å²) in [6, 6.07) is 7.04. The number of amides is 2. The normalized spacial score (nSPS) is 10.1. The van der Waals surface area contributed by atoms with Gasteiger partial charge in [0.25, 0.3) is 0 Å². The first-order chi connectivity index (χ1) is 9.58. The summed E-state index contributed by atoms with van der Waals surface area (Å²) in [5.41, 5.74) is 1.65. The number of aliphatic carboxylic acids is 1. The maximum Gasteiger partial charge on any atom is 0.323 e. The molecule has 6 heteroatoms.